The van der Waals surface area contributed by atoms with Gasteiger partial charge in [0.15, 0.2) is 17.4 Å². The molecule has 0 atom stereocenters. The van der Waals surface area contributed by atoms with Crippen LogP contribution in [0.1, 0.15) is 10.4 Å². The summed E-state index contributed by atoms with van der Waals surface area (Å²) in [6.45, 7) is 0. The van der Waals surface area contributed by atoms with Crippen molar-refractivity contribution in [2.75, 3.05) is 0 Å². The van der Waals surface area contributed by atoms with Gasteiger partial charge >= 0.3 is 6.36 Å². The summed E-state index contributed by atoms with van der Waals surface area (Å²) in [6, 6.07) is 3.23. The Morgan fingerprint density at radius 3 is 2.27 bits per heavy atom. The summed E-state index contributed by atoms with van der Waals surface area (Å²) in [7, 11) is 0. The molecule has 0 aliphatic rings. The maximum absolute atomic E-state index is 13.6. The molecule has 0 N–H and O–H groups in total. The molecule has 0 amide bonds. The zero-order valence-corrected chi connectivity index (χ0v) is 10.5. The Hall–Kier alpha value is -2.71. The van der Waals surface area contributed by atoms with Gasteiger partial charge in [0, 0.05) is 17.8 Å². The van der Waals surface area contributed by atoms with Crippen molar-refractivity contribution >= 4 is 6.29 Å². The highest BCUT2D eigenvalue weighted by Crippen LogP contribution is 2.30. The third-order valence-electron chi connectivity index (χ3n) is 2.30. The van der Waals surface area contributed by atoms with Crippen molar-refractivity contribution in [1.82, 2.24) is 4.98 Å². The van der Waals surface area contributed by atoms with E-state index >= 15 is 0 Å². The first-order valence-electron chi connectivity index (χ1n) is 5.62. The Morgan fingerprint density at radius 1 is 1.09 bits per heavy atom. The topological polar surface area (TPSA) is 48.4 Å². The number of benzene rings is 1. The molecule has 0 radical (unpaired) electrons. The Bertz CT molecular complexity index is 679. The van der Waals surface area contributed by atoms with Gasteiger partial charge in [-0.25, -0.2) is 13.8 Å². The highest BCUT2D eigenvalue weighted by atomic mass is 19.4. The predicted molar refractivity (Wildman–Crippen MR) is 62.7 cm³/mol. The molecule has 1 aromatic heterocycles. The van der Waals surface area contributed by atoms with Gasteiger partial charge in [-0.1, -0.05) is 0 Å². The number of hydrogen-bond acceptors (Lipinski definition) is 4. The molecule has 1 heterocycles. The molecule has 9 heteroatoms. The number of halogens is 5. The molecule has 0 unspecified atom stereocenters. The van der Waals surface area contributed by atoms with Gasteiger partial charge in [0.25, 0.3) is 0 Å². The van der Waals surface area contributed by atoms with Crippen molar-refractivity contribution in [1.29, 1.82) is 0 Å². The third kappa shape index (κ3) is 3.90. The van der Waals surface area contributed by atoms with E-state index in [1.807, 2.05) is 0 Å². The molecule has 0 bridgehead atoms. The fourth-order valence-corrected chi connectivity index (χ4v) is 1.49. The van der Waals surface area contributed by atoms with Gasteiger partial charge in [-0.05, 0) is 18.2 Å². The molecular formula is C13H6F5NO3. The fraction of sp³-hybridized carbons (Fsp3) is 0.0769. The van der Waals surface area contributed by atoms with Crippen LogP contribution in [0.25, 0.3) is 0 Å². The minimum atomic E-state index is -4.96. The van der Waals surface area contributed by atoms with Crippen LogP contribution >= 0.6 is 0 Å². The number of carbonyl (C=O) groups is 1. The lowest BCUT2D eigenvalue weighted by Crippen LogP contribution is -2.17. The van der Waals surface area contributed by atoms with Crippen LogP contribution in [0.3, 0.4) is 0 Å². The second-order valence-electron chi connectivity index (χ2n) is 3.91. The number of aromatic nitrogens is 1. The molecule has 0 fully saturated rings. The summed E-state index contributed by atoms with van der Waals surface area (Å²) in [5.74, 6) is -4.41. The minimum absolute atomic E-state index is 0.234. The van der Waals surface area contributed by atoms with E-state index in [1.165, 1.54) is 0 Å². The molecule has 2 rings (SSSR count). The van der Waals surface area contributed by atoms with E-state index in [4.69, 9.17) is 4.74 Å². The number of rotatable bonds is 4. The van der Waals surface area contributed by atoms with Crippen molar-refractivity contribution in [3.8, 4) is 17.4 Å². The van der Waals surface area contributed by atoms with Gasteiger partial charge in [0.1, 0.15) is 12.0 Å². The van der Waals surface area contributed by atoms with E-state index in [0.717, 1.165) is 24.4 Å². The third-order valence-corrected chi connectivity index (χ3v) is 2.30. The maximum atomic E-state index is 13.6. The van der Waals surface area contributed by atoms with E-state index in [2.05, 4.69) is 9.72 Å². The van der Waals surface area contributed by atoms with Crippen LogP contribution in [0.5, 0.6) is 17.4 Å². The van der Waals surface area contributed by atoms with Crippen molar-refractivity contribution in [3.05, 3.63) is 47.7 Å². The number of nitrogens with zero attached hydrogens (tertiary/aromatic N) is 1. The van der Waals surface area contributed by atoms with E-state index in [0.29, 0.717) is 6.07 Å². The number of alkyl halides is 3. The first-order chi connectivity index (χ1) is 10.3. The van der Waals surface area contributed by atoms with Crippen LogP contribution in [0.2, 0.25) is 0 Å². The Balaban J connectivity index is 2.28. The van der Waals surface area contributed by atoms with E-state index in [9.17, 15) is 26.7 Å². The van der Waals surface area contributed by atoms with Crippen molar-refractivity contribution in [2.24, 2.45) is 0 Å². The molecule has 4 nitrogen and oxygen atoms in total. The fourth-order valence-electron chi connectivity index (χ4n) is 1.49. The molecular weight excluding hydrogens is 313 g/mol. The summed E-state index contributed by atoms with van der Waals surface area (Å²) in [5, 5.41) is 0. The molecule has 22 heavy (non-hydrogen) atoms. The van der Waals surface area contributed by atoms with Gasteiger partial charge in [-0.2, -0.15) is 0 Å². The molecule has 0 saturated heterocycles. The zero-order valence-electron chi connectivity index (χ0n) is 10.5. The number of carbonyl (C=O) groups excluding carboxylic acids is 1. The van der Waals surface area contributed by atoms with Gasteiger partial charge in [0.2, 0.25) is 5.88 Å². The summed E-state index contributed by atoms with van der Waals surface area (Å²) in [6.07, 6.45) is -3.82. The van der Waals surface area contributed by atoms with Gasteiger partial charge < -0.3 is 9.47 Å². The van der Waals surface area contributed by atoms with E-state index < -0.39 is 29.6 Å². The number of aldehydes is 1. The summed E-state index contributed by atoms with van der Waals surface area (Å²) >= 11 is 0. The standard InChI is InChI=1S/C13H6F5NO3/c14-9-3-7(6-20)4-10(15)12(9)21-8-1-2-19-11(5-8)22-13(16,17)18/h1-6H. The van der Waals surface area contributed by atoms with Crippen molar-refractivity contribution in [2.45, 2.75) is 6.36 Å². The molecule has 1 aromatic carbocycles. The lowest BCUT2D eigenvalue weighted by Gasteiger charge is -2.11. The lowest BCUT2D eigenvalue weighted by molar-refractivity contribution is -0.276. The summed E-state index contributed by atoms with van der Waals surface area (Å²) in [4.78, 5) is 13.7. The Labute approximate surface area is 120 Å². The highest BCUT2D eigenvalue weighted by molar-refractivity contribution is 5.75. The number of ether oxygens (including phenoxy) is 2. The van der Waals surface area contributed by atoms with E-state index in [1.54, 1.807) is 0 Å². The van der Waals surface area contributed by atoms with Crippen molar-refractivity contribution < 1.29 is 36.2 Å². The maximum Gasteiger partial charge on any atom is 0.574 e. The molecule has 0 aliphatic heterocycles. The normalized spacial score (nSPS) is 11.1. The van der Waals surface area contributed by atoms with Crippen LogP contribution in [-0.2, 0) is 0 Å². The van der Waals surface area contributed by atoms with E-state index in [-0.39, 0.29) is 17.6 Å². The van der Waals surface area contributed by atoms with Crippen LogP contribution < -0.4 is 9.47 Å². The predicted octanol–water partition coefficient (Wildman–Crippen LogP) is 3.86. The Morgan fingerprint density at radius 2 is 1.73 bits per heavy atom. The lowest BCUT2D eigenvalue weighted by atomic mass is 10.2. The summed E-state index contributed by atoms with van der Waals surface area (Å²) < 4.78 is 71.8. The van der Waals surface area contributed by atoms with Crippen molar-refractivity contribution in [3.63, 3.8) is 0 Å². The van der Waals surface area contributed by atoms with Crippen LogP contribution in [-0.4, -0.2) is 17.6 Å². The average molecular weight is 319 g/mol. The molecule has 0 spiro atoms. The molecule has 0 aliphatic carbocycles. The number of hydrogen-bond donors (Lipinski definition) is 0. The largest absolute Gasteiger partial charge is 0.574 e. The molecule has 2 aromatic rings. The second-order valence-corrected chi connectivity index (χ2v) is 3.91. The first kappa shape index (κ1) is 15.7. The Kier molecular flexibility index (Phi) is 4.25. The van der Waals surface area contributed by atoms with Crippen LogP contribution in [0.4, 0.5) is 22.0 Å². The van der Waals surface area contributed by atoms with Gasteiger partial charge in [-0.15, -0.1) is 13.2 Å². The second kappa shape index (κ2) is 5.96. The highest BCUT2D eigenvalue weighted by Gasteiger charge is 2.32. The van der Waals surface area contributed by atoms with Gasteiger partial charge in [-0.3, -0.25) is 4.79 Å². The monoisotopic (exact) mass is 319 g/mol. The van der Waals surface area contributed by atoms with Gasteiger partial charge in [0.05, 0.1) is 0 Å². The summed E-state index contributed by atoms with van der Waals surface area (Å²) in [5.41, 5.74) is -0.252. The number of pyridine rings is 1. The van der Waals surface area contributed by atoms with Crippen LogP contribution in [0, 0.1) is 11.6 Å². The first-order valence-corrected chi connectivity index (χ1v) is 5.62. The van der Waals surface area contributed by atoms with Crippen LogP contribution in [0.15, 0.2) is 30.5 Å². The quantitative estimate of drug-likeness (QED) is 0.634. The molecule has 0 saturated carbocycles. The smallest absolute Gasteiger partial charge is 0.451 e. The SMILES string of the molecule is O=Cc1cc(F)c(Oc2ccnc(OC(F)(F)F)c2)c(F)c1. The average Bonchev–Trinajstić information content (AvgIpc) is 2.41. The minimum Gasteiger partial charge on any atom is -0.451 e. The zero-order chi connectivity index (χ0) is 16.3. The molecule has 116 valence electrons.